The molecule has 82 valence electrons. The van der Waals surface area contributed by atoms with Crippen molar-refractivity contribution in [2.75, 3.05) is 20.3 Å². The van der Waals surface area contributed by atoms with Crippen LogP contribution in [0.15, 0.2) is 0 Å². The van der Waals surface area contributed by atoms with Gasteiger partial charge in [0.05, 0.1) is 0 Å². The Morgan fingerprint density at radius 2 is 1.85 bits per heavy atom. The maximum Gasteiger partial charge on any atom is 0.0477 e. The summed E-state index contributed by atoms with van der Waals surface area (Å²) in [6.45, 7) is 10.1. The summed E-state index contributed by atoms with van der Waals surface area (Å²) in [5.74, 6) is 0. The van der Waals surface area contributed by atoms with Crippen molar-refractivity contribution >= 4 is 0 Å². The molecule has 0 radical (unpaired) electrons. The molecule has 1 aliphatic rings. The van der Waals surface area contributed by atoms with Crippen molar-refractivity contribution < 1.29 is 4.74 Å². The summed E-state index contributed by atoms with van der Waals surface area (Å²) in [5, 5.41) is 3.41. The van der Waals surface area contributed by atoms with E-state index in [1.807, 2.05) is 27.7 Å². The van der Waals surface area contributed by atoms with Crippen molar-refractivity contribution in [3.8, 4) is 0 Å². The first-order chi connectivity index (χ1) is 6.43. The van der Waals surface area contributed by atoms with Gasteiger partial charge in [0.15, 0.2) is 0 Å². The van der Waals surface area contributed by atoms with E-state index >= 15 is 0 Å². The average molecular weight is 189 g/mol. The number of methoxy groups -OCH3 is 1. The van der Waals surface area contributed by atoms with E-state index in [2.05, 4.69) is 5.32 Å². The minimum Gasteiger partial charge on any atom is -0.385 e. The van der Waals surface area contributed by atoms with Crippen LogP contribution in [0.2, 0.25) is 0 Å². The lowest BCUT2D eigenvalue weighted by Gasteiger charge is -2.07. The molecule has 1 atom stereocenters. The van der Waals surface area contributed by atoms with Crippen LogP contribution in [0.5, 0.6) is 0 Å². The van der Waals surface area contributed by atoms with Crippen molar-refractivity contribution in [1.29, 1.82) is 0 Å². The van der Waals surface area contributed by atoms with Gasteiger partial charge < -0.3 is 10.1 Å². The molecule has 1 rings (SSSR count). The van der Waals surface area contributed by atoms with E-state index in [1.165, 1.54) is 25.8 Å². The number of ether oxygens (including phenoxy) is 1. The van der Waals surface area contributed by atoms with Gasteiger partial charge in [-0.1, -0.05) is 27.7 Å². The Balaban J connectivity index is 0. The molecular formula is C11H27NO. The van der Waals surface area contributed by atoms with Gasteiger partial charge in [0.1, 0.15) is 0 Å². The number of rotatable bonds is 3. The van der Waals surface area contributed by atoms with Crippen LogP contribution >= 0.6 is 0 Å². The highest BCUT2D eigenvalue weighted by Crippen LogP contribution is 2.07. The van der Waals surface area contributed by atoms with Gasteiger partial charge in [-0.3, -0.25) is 0 Å². The molecule has 1 unspecified atom stereocenters. The fourth-order valence-corrected chi connectivity index (χ4v) is 1.26. The Morgan fingerprint density at radius 1 is 1.23 bits per heavy atom. The second-order valence-corrected chi connectivity index (χ2v) is 2.57. The molecule has 0 amide bonds. The summed E-state index contributed by atoms with van der Waals surface area (Å²) in [7, 11) is 1.76. The SMILES string of the molecule is CC.CC.COCCC1CCCN1. The van der Waals surface area contributed by atoms with E-state index in [0.29, 0.717) is 0 Å². The first-order valence-electron chi connectivity index (χ1n) is 5.66. The minimum absolute atomic E-state index is 0.741. The van der Waals surface area contributed by atoms with Crippen molar-refractivity contribution in [3.63, 3.8) is 0 Å². The third kappa shape index (κ3) is 9.84. The Bertz CT molecular complexity index is 70.5. The summed E-state index contributed by atoms with van der Waals surface area (Å²) < 4.78 is 4.96. The van der Waals surface area contributed by atoms with Crippen LogP contribution in [-0.4, -0.2) is 26.3 Å². The molecule has 1 saturated heterocycles. The van der Waals surface area contributed by atoms with Crippen molar-refractivity contribution in [3.05, 3.63) is 0 Å². The summed E-state index contributed by atoms with van der Waals surface area (Å²) in [5.41, 5.74) is 0. The van der Waals surface area contributed by atoms with E-state index in [0.717, 1.165) is 12.6 Å². The lowest BCUT2D eigenvalue weighted by atomic mass is 10.2. The molecule has 1 aliphatic heterocycles. The van der Waals surface area contributed by atoms with E-state index < -0.39 is 0 Å². The fraction of sp³-hybridized carbons (Fsp3) is 1.00. The first-order valence-corrected chi connectivity index (χ1v) is 5.66. The Morgan fingerprint density at radius 3 is 2.23 bits per heavy atom. The fourth-order valence-electron chi connectivity index (χ4n) is 1.26. The van der Waals surface area contributed by atoms with Crippen molar-refractivity contribution in [2.45, 2.75) is 53.0 Å². The van der Waals surface area contributed by atoms with E-state index in [1.54, 1.807) is 7.11 Å². The average Bonchev–Trinajstić information content (AvgIpc) is 2.73. The summed E-state index contributed by atoms with van der Waals surface area (Å²) in [6.07, 6.45) is 3.86. The molecule has 0 aliphatic carbocycles. The molecule has 0 bridgehead atoms. The smallest absolute Gasteiger partial charge is 0.0477 e. The first kappa shape index (κ1) is 15.4. The second-order valence-electron chi connectivity index (χ2n) is 2.57. The molecule has 0 spiro atoms. The van der Waals surface area contributed by atoms with Crippen LogP contribution in [-0.2, 0) is 4.74 Å². The zero-order valence-corrected chi connectivity index (χ0v) is 10.0. The molecule has 1 N–H and O–H groups in total. The van der Waals surface area contributed by atoms with Gasteiger partial charge in [-0.05, 0) is 25.8 Å². The van der Waals surface area contributed by atoms with Crippen LogP contribution < -0.4 is 5.32 Å². The highest BCUT2D eigenvalue weighted by Gasteiger charge is 2.12. The van der Waals surface area contributed by atoms with Crippen LogP contribution in [0.25, 0.3) is 0 Å². The molecule has 0 saturated carbocycles. The molecule has 0 aromatic rings. The highest BCUT2D eigenvalue weighted by molar-refractivity contribution is 4.73. The lowest BCUT2D eigenvalue weighted by molar-refractivity contribution is 0.185. The zero-order valence-electron chi connectivity index (χ0n) is 10.0. The van der Waals surface area contributed by atoms with Gasteiger partial charge >= 0.3 is 0 Å². The molecule has 0 aromatic heterocycles. The Labute approximate surface area is 84.1 Å². The molecule has 13 heavy (non-hydrogen) atoms. The molecule has 0 aromatic carbocycles. The minimum atomic E-state index is 0.741. The summed E-state index contributed by atoms with van der Waals surface area (Å²) >= 11 is 0. The maximum atomic E-state index is 4.96. The second kappa shape index (κ2) is 14.4. The third-order valence-corrected chi connectivity index (χ3v) is 1.83. The van der Waals surface area contributed by atoms with Crippen LogP contribution in [0.1, 0.15) is 47.0 Å². The monoisotopic (exact) mass is 189 g/mol. The maximum absolute atomic E-state index is 4.96. The van der Waals surface area contributed by atoms with Gasteiger partial charge in [0.2, 0.25) is 0 Å². The number of hydrogen-bond acceptors (Lipinski definition) is 2. The van der Waals surface area contributed by atoms with Crippen molar-refractivity contribution in [2.24, 2.45) is 0 Å². The molecule has 1 heterocycles. The predicted octanol–water partition coefficient (Wildman–Crippen LogP) is 2.83. The number of hydrogen-bond donors (Lipinski definition) is 1. The van der Waals surface area contributed by atoms with Gasteiger partial charge in [-0.25, -0.2) is 0 Å². The molecular weight excluding hydrogens is 162 g/mol. The standard InChI is InChI=1S/C7H15NO.2C2H6/c1-9-6-4-7-3-2-5-8-7;2*1-2/h7-8H,2-6H2,1H3;2*1-2H3. The third-order valence-electron chi connectivity index (χ3n) is 1.83. The molecule has 2 nitrogen and oxygen atoms in total. The molecule has 2 heteroatoms. The quantitative estimate of drug-likeness (QED) is 0.737. The van der Waals surface area contributed by atoms with E-state index in [-0.39, 0.29) is 0 Å². The normalized spacial score (nSPS) is 19.6. The van der Waals surface area contributed by atoms with E-state index in [4.69, 9.17) is 4.74 Å². The van der Waals surface area contributed by atoms with Gasteiger partial charge in [0, 0.05) is 19.8 Å². The van der Waals surface area contributed by atoms with Crippen LogP contribution in [0.3, 0.4) is 0 Å². The van der Waals surface area contributed by atoms with Gasteiger partial charge in [0.25, 0.3) is 0 Å². The predicted molar refractivity (Wildman–Crippen MR) is 60.2 cm³/mol. The van der Waals surface area contributed by atoms with Crippen molar-refractivity contribution in [1.82, 2.24) is 5.32 Å². The topological polar surface area (TPSA) is 21.3 Å². The largest absolute Gasteiger partial charge is 0.385 e. The number of nitrogens with one attached hydrogen (secondary N) is 1. The van der Waals surface area contributed by atoms with Crippen LogP contribution in [0.4, 0.5) is 0 Å². The zero-order chi connectivity index (χ0) is 10.5. The molecule has 1 fully saturated rings. The van der Waals surface area contributed by atoms with Crippen LogP contribution in [0, 0.1) is 0 Å². The lowest BCUT2D eigenvalue weighted by Crippen LogP contribution is -2.22. The Hall–Kier alpha value is -0.0800. The van der Waals surface area contributed by atoms with Gasteiger partial charge in [-0.15, -0.1) is 0 Å². The van der Waals surface area contributed by atoms with E-state index in [9.17, 15) is 0 Å². The summed E-state index contributed by atoms with van der Waals surface area (Å²) in [4.78, 5) is 0. The Kier molecular flexibility index (Phi) is 17.1. The van der Waals surface area contributed by atoms with Gasteiger partial charge in [-0.2, -0.15) is 0 Å². The summed E-state index contributed by atoms with van der Waals surface area (Å²) in [6, 6.07) is 0.741. The highest BCUT2D eigenvalue weighted by atomic mass is 16.5.